The van der Waals surface area contributed by atoms with Gasteiger partial charge < -0.3 is 5.73 Å². The van der Waals surface area contributed by atoms with Crippen LogP contribution in [0.2, 0.25) is 5.02 Å². The normalized spacial score (nSPS) is 12.6. The van der Waals surface area contributed by atoms with Crippen LogP contribution in [0.4, 0.5) is 0 Å². The molecule has 2 N–H and O–H groups in total. The third-order valence-electron chi connectivity index (χ3n) is 2.48. The highest BCUT2D eigenvalue weighted by molar-refractivity contribution is 6.31. The lowest BCUT2D eigenvalue weighted by atomic mass is 10.1. The molecule has 17 heavy (non-hydrogen) atoms. The Morgan fingerprint density at radius 1 is 1.53 bits per heavy atom. The first-order valence-electron chi connectivity index (χ1n) is 5.48. The molecule has 0 spiro atoms. The Kier molecular flexibility index (Phi) is 3.71. The van der Waals surface area contributed by atoms with Crippen LogP contribution in [0.5, 0.6) is 0 Å². The Hall–Kier alpha value is -1.46. The lowest BCUT2D eigenvalue weighted by Gasteiger charge is -2.13. The van der Waals surface area contributed by atoms with E-state index >= 15 is 0 Å². The molecule has 2 aromatic rings. The Morgan fingerprint density at radius 2 is 2.35 bits per heavy atom. The van der Waals surface area contributed by atoms with Crippen LogP contribution < -0.4 is 5.73 Å². The zero-order chi connectivity index (χ0) is 12.3. The van der Waals surface area contributed by atoms with Crippen LogP contribution in [0.25, 0.3) is 0 Å². The van der Waals surface area contributed by atoms with E-state index in [1.807, 2.05) is 0 Å². The summed E-state index contributed by atoms with van der Waals surface area (Å²) in [6.07, 6.45) is 4.30. The summed E-state index contributed by atoms with van der Waals surface area (Å²) in [5, 5.41) is 8.44. The van der Waals surface area contributed by atoms with Crippen LogP contribution in [0.3, 0.4) is 0 Å². The van der Waals surface area contributed by atoms with Crippen molar-refractivity contribution in [3.05, 3.63) is 40.9 Å². The molecule has 0 saturated carbocycles. The summed E-state index contributed by atoms with van der Waals surface area (Å²) in [6, 6.07) is 3.16. The number of aryl methyl sites for hydroxylation is 1. The van der Waals surface area contributed by atoms with Gasteiger partial charge in [-0.15, -0.1) is 5.10 Å². The molecule has 0 fully saturated rings. The van der Waals surface area contributed by atoms with Crippen LogP contribution >= 0.6 is 11.6 Å². The fourth-order valence-corrected chi connectivity index (χ4v) is 1.90. The predicted molar refractivity (Wildman–Crippen MR) is 65.6 cm³/mol. The second kappa shape index (κ2) is 5.25. The number of halogens is 1. The van der Waals surface area contributed by atoms with E-state index < -0.39 is 6.04 Å². The van der Waals surface area contributed by atoms with Gasteiger partial charge >= 0.3 is 0 Å². The summed E-state index contributed by atoms with van der Waals surface area (Å²) < 4.78 is 1.79. The maximum absolute atomic E-state index is 6.14. The Morgan fingerprint density at radius 3 is 3.06 bits per heavy atom. The molecule has 0 aliphatic heterocycles. The fraction of sp³-hybridized carbons (Fsp3) is 0.364. The Bertz CT molecular complexity index is 496. The van der Waals surface area contributed by atoms with E-state index in [1.165, 1.54) is 0 Å². The molecule has 0 saturated heterocycles. The fourth-order valence-electron chi connectivity index (χ4n) is 1.66. The van der Waals surface area contributed by atoms with Gasteiger partial charge in [-0.3, -0.25) is 4.98 Å². The number of pyridine rings is 1. The molecule has 0 radical (unpaired) electrons. The predicted octanol–water partition coefficient (Wildman–Crippen LogP) is 1.78. The highest BCUT2D eigenvalue weighted by Crippen LogP contribution is 2.23. The largest absolute Gasteiger partial charge is 0.318 e. The smallest absolute Gasteiger partial charge is 0.0928 e. The highest BCUT2D eigenvalue weighted by Gasteiger charge is 2.18. The first-order chi connectivity index (χ1) is 8.24. The first kappa shape index (κ1) is 12.0. The van der Waals surface area contributed by atoms with Crippen LogP contribution in [-0.4, -0.2) is 20.0 Å². The summed E-state index contributed by atoms with van der Waals surface area (Å²) in [5.41, 5.74) is 7.62. The minimum absolute atomic E-state index is 0.398. The lowest BCUT2D eigenvalue weighted by molar-refractivity contribution is 0.541. The van der Waals surface area contributed by atoms with Crippen LogP contribution in [0.1, 0.15) is 30.8 Å². The van der Waals surface area contributed by atoms with Crippen LogP contribution in [0, 0.1) is 0 Å². The molecule has 6 heteroatoms. The van der Waals surface area contributed by atoms with Crippen molar-refractivity contribution in [2.45, 2.75) is 25.9 Å². The molecule has 0 amide bonds. The van der Waals surface area contributed by atoms with Crippen molar-refractivity contribution in [1.82, 2.24) is 20.0 Å². The van der Waals surface area contributed by atoms with Crippen molar-refractivity contribution in [2.24, 2.45) is 5.73 Å². The average molecular weight is 252 g/mol. The quantitative estimate of drug-likeness (QED) is 0.899. The van der Waals surface area contributed by atoms with Gasteiger partial charge in [0.05, 0.1) is 28.6 Å². The van der Waals surface area contributed by atoms with Crippen molar-refractivity contribution < 1.29 is 0 Å². The molecule has 5 nitrogen and oxygen atoms in total. The lowest BCUT2D eigenvalue weighted by Crippen LogP contribution is -2.19. The van der Waals surface area contributed by atoms with Crippen LogP contribution in [-0.2, 0) is 6.54 Å². The minimum atomic E-state index is -0.398. The van der Waals surface area contributed by atoms with E-state index in [0.717, 1.165) is 18.7 Å². The standard InChI is InChI=1S/C11H14ClN5/c1-2-6-17-9(7-15-16-17)10(13)11-8(12)4-3-5-14-11/h3-5,7,10H,2,6,13H2,1H3. The maximum atomic E-state index is 6.14. The van der Waals surface area contributed by atoms with Crippen molar-refractivity contribution in [3.63, 3.8) is 0 Å². The van der Waals surface area contributed by atoms with Crippen LogP contribution in [0.15, 0.2) is 24.5 Å². The molecular formula is C11H14ClN5. The molecule has 0 bridgehead atoms. The molecule has 90 valence electrons. The van der Waals surface area contributed by atoms with Gasteiger partial charge in [0.25, 0.3) is 0 Å². The average Bonchev–Trinajstić information content (AvgIpc) is 2.78. The van der Waals surface area contributed by atoms with Gasteiger partial charge in [0.1, 0.15) is 0 Å². The number of hydrogen-bond donors (Lipinski definition) is 1. The molecule has 1 atom stereocenters. The molecule has 2 heterocycles. The van der Waals surface area contributed by atoms with E-state index in [9.17, 15) is 0 Å². The third kappa shape index (κ3) is 2.45. The first-order valence-corrected chi connectivity index (χ1v) is 5.86. The van der Waals surface area contributed by atoms with Gasteiger partial charge in [-0.25, -0.2) is 4.68 Å². The molecule has 2 rings (SSSR count). The third-order valence-corrected chi connectivity index (χ3v) is 2.80. The summed E-state index contributed by atoms with van der Waals surface area (Å²) in [4.78, 5) is 4.21. The molecule has 1 unspecified atom stereocenters. The van der Waals surface area contributed by atoms with Crippen molar-refractivity contribution >= 4 is 11.6 Å². The monoisotopic (exact) mass is 251 g/mol. The molecule has 0 aliphatic rings. The van der Waals surface area contributed by atoms with Gasteiger partial charge in [-0.05, 0) is 18.6 Å². The van der Waals surface area contributed by atoms with E-state index in [4.69, 9.17) is 17.3 Å². The number of aromatic nitrogens is 4. The summed E-state index contributed by atoms with van der Waals surface area (Å²) in [6.45, 7) is 2.86. The zero-order valence-corrected chi connectivity index (χ0v) is 10.3. The number of nitrogens with two attached hydrogens (primary N) is 1. The topological polar surface area (TPSA) is 69.6 Å². The second-order valence-electron chi connectivity index (χ2n) is 3.73. The summed E-state index contributed by atoms with van der Waals surface area (Å²) >= 11 is 6.07. The summed E-state index contributed by atoms with van der Waals surface area (Å²) in [5.74, 6) is 0. The van der Waals surface area contributed by atoms with Gasteiger partial charge in [-0.2, -0.15) is 0 Å². The van der Waals surface area contributed by atoms with Gasteiger partial charge in [0.15, 0.2) is 0 Å². The zero-order valence-electron chi connectivity index (χ0n) is 9.55. The Balaban J connectivity index is 2.34. The molecule has 0 aromatic carbocycles. The second-order valence-corrected chi connectivity index (χ2v) is 4.14. The van der Waals surface area contributed by atoms with Crippen molar-refractivity contribution in [2.75, 3.05) is 0 Å². The van der Waals surface area contributed by atoms with E-state index in [0.29, 0.717) is 10.7 Å². The summed E-state index contributed by atoms with van der Waals surface area (Å²) in [7, 11) is 0. The molecular weight excluding hydrogens is 238 g/mol. The van der Waals surface area contributed by atoms with Crippen molar-refractivity contribution in [3.8, 4) is 0 Å². The minimum Gasteiger partial charge on any atom is -0.318 e. The highest BCUT2D eigenvalue weighted by atomic mass is 35.5. The van der Waals surface area contributed by atoms with Gasteiger partial charge in [0.2, 0.25) is 0 Å². The van der Waals surface area contributed by atoms with Gasteiger partial charge in [-0.1, -0.05) is 23.7 Å². The van der Waals surface area contributed by atoms with E-state index in [1.54, 1.807) is 29.2 Å². The number of hydrogen-bond acceptors (Lipinski definition) is 4. The number of rotatable bonds is 4. The Labute approximate surface area is 105 Å². The van der Waals surface area contributed by atoms with E-state index in [-0.39, 0.29) is 0 Å². The molecule has 2 aromatic heterocycles. The maximum Gasteiger partial charge on any atom is 0.0928 e. The SMILES string of the molecule is CCCn1nncc1C(N)c1ncccc1Cl. The van der Waals surface area contributed by atoms with Gasteiger partial charge in [0, 0.05) is 12.7 Å². The van der Waals surface area contributed by atoms with Crippen molar-refractivity contribution in [1.29, 1.82) is 0 Å². The van der Waals surface area contributed by atoms with E-state index in [2.05, 4.69) is 22.2 Å². The molecule has 0 aliphatic carbocycles. The number of nitrogens with zero attached hydrogens (tertiary/aromatic N) is 4.